The van der Waals surface area contributed by atoms with Gasteiger partial charge in [-0.3, -0.25) is 4.31 Å². The van der Waals surface area contributed by atoms with E-state index >= 15 is 0 Å². The van der Waals surface area contributed by atoms with Crippen molar-refractivity contribution in [2.75, 3.05) is 10.8 Å². The molecule has 0 aromatic heterocycles. The van der Waals surface area contributed by atoms with Crippen molar-refractivity contribution in [1.29, 1.82) is 0 Å². The number of hydrogen-bond acceptors (Lipinski definition) is 2. The van der Waals surface area contributed by atoms with Gasteiger partial charge < -0.3 is 0 Å². The van der Waals surface area contributed by atoms with Crippen LogP contribution in [0.3, 0.4) is 0 Å². The number of benzene rings is 3. The summed E-state index contributed by atoms with van der Waals surface area (Å²) in [5, 5.41) is 1.82. The molecule has 3 nitrogen and oxygen atoms in total. The Hall–Kier alpha value is -2.33. The second-order valence-electron chi connectivity index (χ2n) is 5.44. The first-order valence-electron chi connectivity index (χ1n) is 7.26. The zero-order valence-electron chi connectivity index (χ0n) is 11.9. The summed E-state index contributed by atoms with van der Waals surface area (Å²) in [7, 11) is -3.44. The lowest BCUT2D eigenvalue weighted by molar-refractivity contribution is 0.593. The molecule has 1 aliphatic rings. The first-order chi connectivity index (χ1) is 10.7. The Morgan fingerprint density at radius 1 is 0.818 bits per heavy atom. The van der Waals surface area contributed by atoms with Crippen LogP contribution in [-0.2, 0) is 16.4 Å². The standard InChI is InChI=1S/C18H15NO2S/c20-22(21)17-11-5-9-15-8-4-10-16(18(15)17)19(22)13-12-14-6-2-1-3-7-14/h1-11H,12-13H2. The molecule has 3 aromatic rings. The summed E-state index contributed by atoms with van der Waals surface area (Å²) in [6.07, 6.45) is 0.699. The molecule has 0 aliphatic carbocycles. The Balaban J connectivity index is 1.77. The van der Waals surface area contributed by atoms with Crippen molar-refractivity contribution in [3.63, 3.8) is 0 Å². The minimum Gasteiger partial charge on any atom is -0.265 e. The first kappa shape index (κ1) is 13.3. The highest BCUT2D eigenvalue weighted by Crippen LogP contribution is 2.41. The molecule has 1 heterocycles. The molecule has 110 valence electrons. The summed E-state index contributed by atoms with van der Waals surface area (Å²) in [6.45, 7) is 0.458. The van der Waals surface area contributed by atoms with Gasteiger partial charge in [0.05, 0.1) is 10.6 Å². The van der Waals surface area contributed by atoms with Gasteiger partial charge in [-0.2, -0.15) is 0 Å². The molecule has 22 heavy (non-hydrogen) atoms. The van der Waals surface area contributed by atoms with Crippen LogP contribution in [0.15, 0.2) is 71.6 Å². The maximum absolute atomic E-state index is 12.8. The van der Waals surface area contributed by atoms with Crippen LogP contribution >= 0.6 is 0 Å². The highest BCUT2D eigenvalue weighted by Gasteiger charge is 2.34. The van der Waals surface area contributed by atoms with Crippen molar-refractivity contribution < 1.29 is 8.42 Å². The predicted octanol–water partition coefficient (Wildman–Crippen LogP) is 3.59. The quantitative estimate of drug-likeness (QED) is 0.741. The van der Waals surface area contributed by atoms with Gasteiger partial charge in [-0.15, -0.1) is 0 Å². The molecule has 0 fully saturated rings. The van der Waals surface area contributed by atoms with Crippen LogP contribution in [0, 0.1) is 0 Å². The van der Waals surface area contributed by atoms with Gasteiger partial charge in [0.2, 0.25) is 0 Å². The zero-order valence-corrected chi connectivity index (χ0v) is 12.8. The Morgan fingerprint density at radius 3 is 2.32 bits per heavy atom. The molecular formula is C18H15NO2S. The van der Waals surface area contributed by atoms with Gasteiger partial charge in [0.15, 0.2) is 0 Å². The minimum atomic E-state index is -3.44. The van der Waals surface area contributed by atoms with Crippen molar-refractivity contribution in [1.82, 2.24) is 0 Å². The average molecular weight is 309 g/mol. The lowest BCUT2D eigenvalue weighted by Crippen LogP contribution is -2.29. The van der Waals surface area contributed by atoms with E-state index < -0.39 is 10.0 Å². The van der Waals surface area contributed by atoms with Crippen LogP contribution in [0.1, 0.15) is 5.56 Å². The molecule has 0 unspecified atom stereocenters. The van der Waals surface area contributed by atoms with Crippen molar-refractivity contribution in [2.45, 2.75) is 11.3 Å². The summed E-state index contributed by atoms with van der Waals surface area (Å²) in [5.41, 5.74) is 1.94. The van der Waals surface area contributed by atoms with E-state index in [4.69, 9.17) is 0 Å². The van der Waals surface area contributed by atoms with Crippen LogP contribution < -0.4 is 4.31 Å². The lowest BCUT2D eigenvalue weighted by atomic mass is 10.1. The van der Waals surface area contributed by atoms with Crippen LogP contribution in [0.5, 0.6) is 0 Å². The molecule has 0 N–H and O–H groups in total. The van der Waals surface area contributed by atoms with Crippen LogP contribution in [-0.4, -0.2) is 15.0 Å². The molecule has 0 amide bonds. The van der Waals surface area contributed by atoms with E-state index in [1.54, 1.807) is 12.1 Å². The number of rotatable bonds is 3. The van der Waals surface area contributed by atoms with E-state index in [1.165, 1.54) is 4.31 Å². The van der Waals surface area contributed by atoms with Crippen molar-refractivity contribution >= 4 is 26.5 Å². The zero-order chi connectivity index (χ0) is 15.2. The molecule has 1 aliphatic heterocycles. The van der Waals surface area contributed by atoms with E-state index in [2.05, 4.69) is 0 Å². The molecule has 0 spiro atoms. The average Bonchev–Trinajstić information content (AvgIpc) is 2.76. The molecule has 0 saturated carbocycles. The van der Waals surface area contributed by atoms with E-state index in [9.17, 15) is 8.42 Å². The highest BCUT2D eigenvalue weighted by molar-refractivity contribution is 7.93. The smallest absolute Gasteiger partial charge is 0.265 e. The van der Waals surface area contributed by atoms with Crippen LogP contribution in [0.25, 0.3) is 10.8 Å². The number of nitrogens with zero attached hydrogens (tertiary/aromatic N) is 1. The van der Waals surface area contributed by atoms with Crippen LogP contribution in [0.4, 0.5) is 5.69 Å². The van der Waals surface area contributed by atoms with E-state index in [0.29, 0.717) is 17.9 Å². The molecule has 0 atom stereocenters. The third kappa shape index (κ3) is 1.91. The Morgan fingerprint density at radius 2 is 1.55 bits per heavy atom. The minimum absolute atomic E-state index is 0.425. The largest absolute Gasteiger partial charge is 0.265 e. The lowest BCUT2D eigenvalue weighted by Gasteiger charge is -2.18. The maximum Gasteiger partial charge on any atom is 0.265 e. The number of sulfonamides is 1. The summed E-state index contributed by atoms with van der Waals surface area (Å²) < 4.78 is 27.2. The summed E-state index contributed by atoms with van der Waals surface area (Å²) >= 11 is 0. The SMILES string of the molecule is O=S1(=O)c2cccc3cccc(c23)N1CCc1ccccc1. The highest BCUT2D eigenvalue weighted by atomic mass is 32.2. The van der Waals surface area contributed by atoms with Gasteiger partial charge in [-0.1, -0.05) is 54.6 Å². The Kier molecular flexibility index (Phi) is 2.94. The second-order valence-corrected chi connectivity index (χ2v) is 7.27. The monoisotopic (exact) mass is 309 g/mol. The first-order valence-corrected chi connectivity index (χ1v) is 8.70. The topological polar surface area (TPSA) is 37.4 Å². The van der Waals surface area contributed by atoms with Gasteiger partial charge in [-0.25, -0.2) is 8.42 Å². The third-order valence-electron chi connectivity index (χ3n) is 4.13. The number of hydrogen-bond donors (Lipinski definition) is 0. The Bertz CT molecular complexity index is 944. The Labute approximate surface area is 129 Å². The summed E-state index contributed by atoms with van der Waals surface area (Å²) in [6, 6.07) is 21.2. The van der Waals surface area contributed by atoms with E-state index in [0.717, 1.165) is 22.0 Å². The molecular weight excluding hydrogens is 294 g/mol. The van der Waals surface area contributed by atoms with Crippen molar-refractivity contribution in [3.8, 4) is 0 Å². The number of anilines is 1. The predicted molar refractivity (Wildman–Crippen MR) is 88.6 cm³/mol. The van der Waals surface area contributed by atoms with Gasteiger partial charge in [0.1, 0.15) is 0 Å². The van der Waals surface area contributed by atoms with Gasteiger partial charge in [-0.05, 0) is 29.5 Å². The van der Waals surface area contributed by atoms with Crippen LogP contribution in [0.2, 0.25) is 0 Å². The molecule has 0 bridgehead atoms. The summed E-state index contributed by atoms with van der Waals surface area (Å²) in [4.78, 5) is 0.425. The fraction of sp³-hybridized carbons (Fsp3) is 0.111. The summed E-state index contributed by atoms with van der Waals surface area (Å²) in [5.74, 6) is 0. The molecule has 0 saturated heterocycles. The van der Waals surface area contributed by atoms with E-state index in [-0.39, 0.29) is 0 Å². The van der Waals surface area contributed by atoms with Crippen molar-refractivity contribution in [2.24, 2.45) is 0 Å². The second kappa shape index (κ2) is 4.85. The van der Waals surface area contributed by atoms with Gasteiger partial charge in [0, 0.05) is 11.9 Å². The normalized spacial score (nSPS) is 15.4. The molecule has 3 aromatic carbocycles. The third-order valence-corrected chi connectivity index (χ3v) is 5.98. The molecule has 4 rings (SSSR count). The van der Waals surface area contributed by atoms with Gasteiger partial charge in [0.25, 0.3) is 10.0 Å². The fourth-order valence-corrected chi connectivity index (χ4v) is 4.79. The van der Waals surface area contributed by atoms with E-state index in [1.807, 2.05) is 54.6 Å². The van der Waals surface area contributed by atoms with Gasteiger partial charge >= 0.3 is 0 Å². The molecule has 0 radical (unpaired) electrons. The maximum atomic E-state index is 12.8. The molecule has 4 heteroatoms. The fourth-order valence-electron chi connectivity index (χ4n) is 3.07. The van der Waals surface area contributed by atoms with Crippen molar-refractivity contribution in [3.05, 3.63) is 72.3 Å².